The molecule has 7 nitrogen and oxygen atoms in total. The molecule has 0 atom stereocenters. The Morgan fingerprint density at radius 3 is 2.14 bits per heavy atom. The summed E-state index contributed by atoms with van der Waals surface area (Å²) in [4.78, 5) is 28.5. The number of phenols is 1. The number of methoxy groups -OCH3 is 1. The first-order chi connectivity index (χ1) is 10.2. The van der Waals surface area contributed by atoms with Gasteiger partial charge in [0.25, 0.3) is 0 Å². The fourth-order valence-electron chi connectivity index (χ4n) is 2.54. The monoisotopic (exact) mass is 305 g/mol. The highest BCUT2D eigenvalue weighted by Crippen LogP contribution is 2.32. The van der Waals surface area contributed by atoms with Gasteiger partial charge in [0.15, 0.2) is 0 Å². The standard InChI is InChI=1S/C15H19N3O4/c1-7-8(2)11(10(4)12(19)9(7)3)18-13(20)16-14(22-6)17(5)15(18)21/h19H,1-6H3. The van der Waals surface area contributed by atoms with Crippen molar-refractivity contribution in [3.63, 3.8) is 0 Å². The molecule has 0 saturated heterocycles. The summed E-state index contributed by atoms with van der Waals surface area (Å²) in [6, 6.07) is -0.0605. The molecule has 0 saturated carbocycles. The van der Waals surface area contributed by atoms with E-state index in [0.29, 0.717) is 11.3 Å². The van der Waals surface area contributed by atoms with E-state index < -0.39 is 11.4 Å². The lowest BCUT2D eigenvalue weighted by molar-refractivity contribution is 0.347. The van der Waals surface area contributed by atoms with E-state index in [1.54, 1.807) is 20.8 Å². The zero-order chi connectivity index (χ0) is 16.8. The summed E-state index contributed by atoms with van der Waals surface area (Å²) in [6.07, 6.45) is 0. The van der Waals surface area contributed by atoms with E-state index in [-0.39, 0.29) is 11.8 Å². The van der Waals surface area contributed by atoms with Gasteiger partial charge in [0.2, 0.25) is 0 Å². The SMILES string of the molecule is COc1nc(=O)n(-c2c(C)c(C)c(C)c(O)c2C)c(=O)n1C. The predicted octanol–water partition coefficient (Wildman–Crippen LogP) is 0.879. The van der Waals surface area contributed by atoms with E-state index >= 15 is 0 Å². The molecular formula is C15H19N3O4. The maximum Gasteiger partial charge on any atom is 0.360 e. The molecule has 0 aliphatic heterocycles. The minimum Gasteiger partial charge on any atom is -0.507 e. The summed E-state index contributed by atoms with van der Waals surface area (Å²) in [5, 5.41) is 10.2. The van der Waals surface area contributed by atoms with Crippen LogP contribution in [0.25, 0.3) is 5.69 Å². The molecule has 2 rings (SSSR count). The quantitative estimate of drug-likeness (QED) is 0.890. The Bertz CT molecular complexity index is 849. The molecule has 0 unspecified atom stereocenters. The Morgan fingerprint density at radius 2 is 1.59 bits per heavy atom. The Labute approximate surface area is 127 Å². The number of aromatic nitrogens is 3. The zero-order valence-corrected chi connectivity index (χ0v) is 13.5. The van der Waals surface area contributed by atoms with Gasteiger partial charge in [-0.2, -0.15) is 0 Å². The minimum absolute atomic E-state index is 0.0605. The first kappa shape index (κ1) is 15.8. The van der Waals surface area contributed by atoms with E-state index in [2.05, 4.69) is 4.98 Å². The van der Waals surface area contributed by atoms with Crippen LogP contribution in [0, 0.1) is 27.7 Å². The predicted molar refractivity (Wildman–Crippen MR) is 82.2 cm³/mol. The molecule has 22 heavy (non-hydrogen) atoms. The Balaban J connectivity index is 3.00. The third-order valence-corrected chi connectivity index (χ3v) is 4.10. The van der Waals surface area contributed by atoms with Crippen molar-refractivity contribution in [2.24, 2.45) is 7.05 Å². The number of aromatic hydroxyl groups is 1. The summed E-state index contributed by atoms with van der Waals surface area (Å²) < 4.78 is 7.02. The van der Waals surface area contributed by atoms with Crippen LogP contribution in [-0.4, -0.2) is 26.3 Å². The molecule has 7 heteroatoms. The Hall–Kier alpha value is -2.57. The van der Waals surface area contributed by atoms with Gasteiger partial charge in [-0.25, -0.2) is 18.7 Å². The van der Waals surface area contributed by atoms with Crippen LogP contribution in [0.15, 0.2) is 9.59 Å². The van der Waals surface area contributed by atoms with Crippen molar-refractivity contribution in [3.05, 3.63) is 43.2 Å². The van der Waals surface area contributed by atoms with Crippen LogP contribution in [0.5, 0.6) is 11.8 Å². The number of hydrogen-bond donors (Lipinski definition) is 1. The zero-order valence-electron chi connectivity index (χ0n) is 13.5. The number of benzene rings is 1. The maximum atomic E-state index is 12.5. The Morgan fingerprint density at radius 1 is 1.00 bits per heavy atom. The second-order valence-electron chi connectivity index (χ2n) is 5.26. The van der Waals surface area contributed by atoms with Crippen LogP contribution in [0.4, 0.5) is 0 Å². The van der Waals surface area contributed by atoms with Gasteiger partial charge in [0.1, 0.15) is 5.75 Å². The molecule has 0 fully saturated rings. The van der Waals surface area contributed by atoms with Crippen molar-refractivity contribution in [2.45, 2.75) is 27.7 Å². The van der Waals surface area contributed by atoms with Crippen LogP contribution < -0.4 is 16.1 Å². The van der Waals surface area contributed by atoms with Gasteiger partial charge in [-0.05, 0) is 44.4 Å². The molecule has 0 radical (unpaired) electrons. The average molecular weight is 305 g/mol. The molecule has 1 aromatic carbocycles. The van der Waals surface area contributed by atoms with Crippen LogP contribution in [0.2, 0.25) is 0 Å². The number of ether oxygens (including phenoxy) is 1. The van der Waals surface area contributed by atoms with Crippen LogP contribution in [0.1, 0.15) is 22.3 Å². The Kier molecular flexibility index (Phi) is 3.83. The molecule has 1 N–H and O–H groups in total. The van der Waals surface area contributed by atoms with Gasteiger partial charge in [-0.15, -0.1) is 4.98 Å². The molecular weight excluding hydrogens is 286 g/mol. The molecule has 0 spiro atoms. The molecule has 1 aromatic heterocycles. The van der Waals surface area contributed by atoms with E-state index in [1.807, 2.05) is 6.92 Å². The highest BCUT2D eigenvalue weighted by atomic mass is 16.5. The molecule has 2 aromatic rings. The smallest absolute Gasteiger partial charge is 0.360 e. The third kappa shape index (κ3) is 2.09. The van der Waals surface area contributed by atoms with Crippen molar-refractivity contribution in [1.29, 1.82) is 0 Å². The summed E-state index contributed by atoms with van der Waals surface area (Å²) in [7, 11) is 2.81. The van der Waals surface area contributed by atoms with Gasteiger partial charge in [0, 0.05) is 12.6 Å². The van der Waals surface area contributed by atoms with Crippen LogP contribution >= 0.6 is 0 Å². The number of nitrogens with zero attached hydrogens (tertiary/aromatic N) is 3. The van der Waals surface area contributed by atoms with Crippen LogP contribution in [-0.2, 0) is 7.05 Å². The van der Waals surface area contributed by atoms with E-state index in [0.717, 1.165) is 25.8 Å². The lowest BCUT2D eigenvalue weighted by atomic mass is 9.97. The van der Waals surface area contributed by atoms with Crippen molar-refractivity contribution < 1.29 is 9.84 Å². The van der Waals surface area contributed by atoms with Gasteiger partial charge in [-0.3, -0.25) is 0 Å². The van der Waals surface area contributed by atoms with E-state index in [1.165, 1.54) is 14.2 Å². The van der Waals surface area contributed by atoms with Crippen LogP contribution in [0.3, 0.4) is 0 Å². The van der Waals surface area contributed by atoms with Crippen molar-refractivity contribution >= 4 is 0 Å². The fourth-order valence-corrected chi connectivity index (χ4v) is 2.54. The number of rotatable bonds is 2. The molecule has 0 aliphatic rings. The number of hydrogen-bond acceptors (Lipinski definition) is 5. The molecule has 118 valence electrons. The maximum absolute atomic E-state index is 12.5. The topological polar surface area (TPSA) is 86.3 Å². The highest BCUT2D eigenvalue weighted by molar-refractivity contribution is 5.60. The van der Waals surface area contributed by atoms with Gasteiger partial charge in [-0.1, -0.05) is 0 Å². The summed E-state index contributed by atoms with van der Waals surface area (Å²) in [6.45, 7) is 7.10. The average Bonchev–Trinajstić information content (AvgIpc) is 2.50. The van der Waals surface area contributed by atoms with Gasteiger partial charge >= 0.3 is 17.4 Å². The van der Waals surface area contributed by atoms with Crippen molar-refractivity contribution in [2.75, 3.05) is 7.11 Å². The molecule has 1 heterocycles. The minimum atomic E-state index is -0.742. The molecule has 0 aliphatic carbocycles. The second kappa shape index (κ2) is 5.32. The first-order valence-corrected chi connectivity index (χ1v) is 6.76. The number of phenolic OH excluding ortho intramolecular Hbond substituents is 1. The first-order valence-electron chi connectivity index (χ1n) is 6.76. The lowest BCUT2D eigenvalue weighted by Crippen LogP contribution is -2.40. The largest absolute Gasteiger partial charge is 0.507 e. The summed E-state index contributed by atoms with van der Waals surface area (Å²) in [5.74, 6) is 0.0721. The van der Waals surface area contributed by atoms with Crippen molar-refractivity contribution in [3.8, 4) is 17.4 Å². The van der Waals surface area contributed by atoms with Gasteiger partial charge < -0.3 is 9.84 Å². The lowest BCUT2D eigenvalue weighted by Gasteiger charge is -2.18. The second-order valence-corrected chi connectivity index (χ2v) is 5.26. The van der Waals surface area contributed by atoms with Crippen molar-refractivity contribution in [1.82, 2.24) is 14.1 Å². The highest BCUT2D eigenvalue weighted by Gasteiger charge is 2.20. The van der Waals surface area contributed by atoms with Gasteiger partial charge in [0.05, 0.1) is 12.8 Å². The molecule has 0 amide bonds. The van der Waals surface area contributed by atoms with E-state index in [4.69, 9.17) is 4.74 Å². The normalized spacial score (nSPS) is 10.8. The third-order valence-electron chi connectivity index (χ3n) is 4.10. The molecule has 0 bridgehead atoms. The fraction of sp³-hybridized carbons (Fsp3) is 0.400. The summed E-state index contributed by atoms with van der Waals surface area (Å²) in [5.41, 5.74) is 1.81. The van der Waals surface area contributed by atoms with E-state index in [9.17, 15) is 14.7 Å². The summed E-state index contributed by atoms with van der Waals surface area (Å²) >= 11 is 0.